The van der Waals surface area contributed by atoms with Crippen LogP contribution < -0.4 is 5.32 Å². The third-order valence-corrected chi connectivity index (χ3v) is 6.87. The van der Waals surface area contributed by atoms with Crippen molar-refractivity contribution in [3.63, 3.8) is 0 Å². The van der Waals surface area contributed by atoms with E-state index in [4.69, 9.17) is 10.5 Å². The quantitative estimate of drug-likeness (QED) is 0.0467. The van der Waals surface area contributed by atoms with Gasteiger partial charge in [-0.05, 0) is 90.3 Å². The normalized spacial score (nSPS) is 11.6. The number of phenolic OH excluding ortho intramolecular Hbond substituents is 1. The van der Waals surface area contributed by atoms with Crippen LogP contribution in [0.15, 0.2) is 133 Å². The van der Waals surface area contributed by atoms with Crippen molar-refractivity contribution in [3.05, 3.63) is 103 Å². The molecular weight excluding hydrogens is 582 g/mol. The molecule has 4 N–H and O–H groups in total. The molecule has 0 aromatic heterocycles. The van der Waals surface area contributed by atoms with E-state index in [1.54, 1.807) is 60.7 Å². The highest BCUT2D eigenvalue weighted by Crippen LogP contribution is 2.44. The topological polar surface area (TPSA) is 159 Å². The molecule has 0 aliphatic heterocycles. The lowest BCUT2D eigenvalue weighted by atomic mass is 10.1. The smallest absolute Gasteiger partial charge is 0.152 e. The van der Waals surface area contributed by atoms with Gasteiger partial charge in [-0.25, -0.2) is 10.5 Å². The number of benzene rings is 5. The number of hydrogen-bond acceptors (Lipinski definition) is 14. The van der Waals surface area contributed by atoms with Gasteiger partial charge in [-0.2, -0.15) is 15.3 Å². The molecule has 0 saturated carbocycles. The molecular formula is C28H21N5O7S2. The first-order valence-electron chi connectivity index (χ1n) is 12.1. The summed E-state index contributed by atoms with van der Waals surface area (Å²) in [5.74, 6) is -0.114. The first-order valence-corrected chi connectivity index (χ1v) is 13.6. The Kier molecular flexibility index (Phi) is 10.1. The van der Waals surface area contributed by atoms with Crippen molar-refractivity contribution < 1.29 is 34.4 Å². The third-order valence-electron chi connectivity index (χ3n) is 5.66. The Morgan fingerprint density at radius 3 is 1.83 bits per heavy atom. The highest BCUT2D eigenvalue weighted by molar-refractivity contribution is 7.94. The van der Waals surface area contributed by atoms with Crippen LogP contribution in [0.2, 0.25) is 0 Å². The predicted molar refractivity (Wildman–Crippen MR) is 158 cm³/mol. The third kappa shape index (κ3) is 7.67. The minimum absolute atomic E-state index is 0.114. The Morgan fingerprint density at radius 1 is 0.595 bits per heavy atom. The van der Waals surface area contributed by atoms with E-state index < -0.39 is 0 Å². The van der Waals surface area contributed by atoms with Gasteiger partial charge in [0.25, 0.3) is 0 Å². The zero-order valence-electron chi connectivity index (χ0n) is 21.4. The van der Waals surface area contributed by atoms with Crippen LogP contribution in [0.3, 0.4) is 0 Å². The largest absolute Gasteiger partial charge is 0.505 e. The molecule has 0 aliphatic carbocycles. The van der Waals surface area contributed by atoms with Gasteiger partial charge in [0.1, 0.15) is 5.69 Å². The Labute approximate surface area is 247 Å². The lowest BCUT2D eigenvalue weighted by Gasteiger charge is -2.11. The highest BCUT2D eigenvalue weighted by Gasteiger charge is 2.15. The first-order chi connectivity index (χ1) is 20.6. The van der Waals surface area contributed by atoms with Crippen molar-refractivity contribution >= 4 is 69.0 Å². The molecule has 212 valence electrons. The van der Waals surface area contributed by atoms with Crippen LogP contribution in [-0.4, -0.2) is 15.6 Å². The Balaban J connectivity index is 1.33. The zero-order chi connectivity index (χ0) is 29.1. The van der Waals surface area contributed by atoms with Gasteiger partial charge in [0.15, 0.2) is 5.75 Å². The van der Waals surface area contributed by atoms with Crippen LogP contribution in [0, 0.1) is 0 Å². The number of azo groups is 2. The van der Waals surface area contributed by atoms with Crippen LogP contribution in [0.25, 0.3) is 10.8 Å². The Hall–Kier alpha value is -4.38. The molecule has 12 nitrogen and oxygen atoms in total. The number of nitrogens with zero attached hydrogens (tertiary/aromatic N) is 4. The van der Waals surface area contributed by atoms with Crippen molar-refractivity contribution in [1.82, 2.24) is 0 Å². The summed E-state index contributed by atoms with van der Waals surface area (Å²) in [5, 5.41) is 56.8. The molecule has 14 heteroatoms. The maximum atomic E-state index is 11.1. The number of fused-ring (bicyclic) bond motifs is 1. The molecule has 0 atom stereocenters. The summed E-state index contributed by atoms with van der Waals surface area (Å²) in [7, 11) is 0. The maximum absolute atomic E-state index is 11.1. The maximum Gasteiger partial charge on any atom is 0.152 e. The number of rotatable bonds is 12. The van der Waals surface area contributed by atoms with Gasteiger partial charge in [0, 0.05) is 21.7 Å². The molecule has 5 aromatic rings. The van der Waals surface area contributed by atoms with Crippen LogP contribution in [0.5, 0.6) is 5.75 Å². The van der Waals surface area contributed by atoms with Crippen LogP contribution in [0.1, 0.15) is 0 Å². The van der Waals surface area contributed by atoms with Crippen LogP contribution in [-0.2, 0) is 18.7 Å². The molecule has 0 unspecified atom stereocenters. The van der Waals surface area contributed by atoms with E-state index in [2.05, 4.69) is 44.5 Å². The molecule has 0 spiro atoms. The second-order valence-corrected chi connectivity index (χ2v) is 9.88. The summed E-state index contributed by atoms with van der Waals surface area (Å²) in [6.07, 6.45) is 0. The standard InChI is InChI=1S/C28H21N5O7S2/c34-28-25-15-12-23(29-19-4-2-1-3-5-19)16-18(25)17-26(42-40-38-36)27(28)33-32-21-8-6-20(7-9-21)30-31-22-10-13-24(14-11-22)41-39-37-35/h1-17,29,34-36H/b31-30+,33-32+. The average Bonchev–Trinajstić information content (AvgIpc) is 3.03. The van der Waals surface area contributed by atoms with E-state index in [1.807, 2.05) is 42.5 Å². The molecule has 0 bridgehead atoms. The van der Waals surface area contributed by atoms with Gasteiger partial charge in [-0.15, -0.1) is 13.8 Å². The molecule has 5 rings (SSSR count). The molecule has 0 saturated heterocycles. The number of para-hydroxylation sites is 1. The van der Waals surface area contributed by atoms with Crippen molar-refractivity contribution in [3.8, 4) is 5.75 Å². The molecule has 42 heavy (non-hydrogen) atoms. The number of hydrogen-bond donors (Lipinski definition) is 4. The van der Waals surface area contributed by atoms with E-state index in [0.29, 0.717) is 49.7 Å². The second kappa shape index (κ2) is 14.5. The highest BCUT2D eigenvalue weighted by atomic mass is 32.2. The van der Waals surface area contributed by atoms with E-state index in [9.17, 15) is 5.11 Å². The summed E-state index contributed by atoms with van der Waals surface area (Å²) in [4.78, 5) is 1.07. The monoisotopic (exact) mass is 603 g/mol. The predicted octanol–water partition coefficient (Wildman–Crippen LogP) is 9.98. The van der Waals surface area contributed by atoms with Gasteiger partial charge >= 0.3 is 0 Å². The van der Waals surface area contributed by atoms with Crippen LogP contribution >= 0.6 is 24.1 Å². The van der Waals surface area contributed by atoms with E-state index in [0.717, 1.165) is 23.4 Å². The van der Waals surface area contributed by atoms with Crippen molar-refractivity contribution in [2.24, 2.45) is 20.5 Å². The number of aromatic hydroxyl groups is 1. The molecule has 5 aromatic carbocycles. The molecule has 0 amide bonds. The Bertz CT molecular complexity index is 1690. The minimum Gasteiger partial charge on any atom is -0.505 e. The number of phenols is 1. The van der Waals surface area contributed by atoms with Crippen LogP contribution in [0.4, 0.5) is 34.1 Å². The second-order valence-electron chi connectivity index (χ2n) is 8.36. The fourth-order valence-corrected chi connectivity index (χ4v) is 4.61. The summed E-state index contributed by atoms with van der Waals surface area (Å²) >= 11 is 1.52. The SMILES string of the molecule is OOOSc1ccc(/N=N/c2ccc(/N=N/c3c(SOOO)cc4cc(Nc5ccccc5)ccc4c3O)cc2)cc1. The summed E-state index contributed by atoms with van der Waals surface area (Å²) in [6, 6.07) is 30.7. The van der Waals surface area contributed by atoms with Gasteiger partial charge in [-0.3, -0.25) is 0 Å². The molecule has 0 aliphatic rings. The zero-order valence-corrected chi connectivity index (χ0v) is 23.0. The summed E-state index contributed by atoms with van der Waals surface area (Å²) in [6.45, 7) is 0. The fourth-order valence-electron chi connectivity index (χ4n) is 3.76. The minimum atomic E-state index is -0.114. The van der Waals surface area contributed by atoms with Gasteiger partial charge in [0.2, 0.25) is 0 Å². The summed E-state index contributed by atoms with van der Waals surface area (Å²) in [5.41, 5.74) is 3.56. The lowest BCUT2D eigenvalue weighted by Crippen LogP contribution is -1.90. The summed E-state index contributed by atoms with van der Waals surface area (Å²) < 4.78 is 9.03. The van der Waals surface area contributed by atoms with E-state index in [-0.39, 0.29) is 11.4 Å². The van der Waals surface area contributed by atoms with Gasteiger partial charge in [-0.1, -0.05) is 28.3 Å². The van der Waals surface area contributed by atoms with Crippen molar-refractivity contribution in [1.29, 1.82) is 0 Å². The van der Waals surface area contributed by atoms with Gasteiger partial charge in [0.05, 0.1) is 46.0 Å². The average molecular weight is 604 g/mol. The van der Waals surface area contributed by atoms with Crippen molar-refractivity contribution in [2.75, 3.05) is 5.32 Å². The van der Waals surface area contributed by atoms with Crippen molar-refractivity contribution in [2.45, 2.75) is 9.79 Å². The molecule has 0 heterocycles. The number of nitrogens with one attached hydrogen (secondary N) is 1. The molecule has 0 fully saturated rings. The molecule has 0 radical (unpaired) electrons. The first kappa shape index (κ1) is 29.1. The number of anilines is 2. The van der Waals surface area contributed by atoms with Gasteiger partial charge < -0.3 is 10.4 Å². The lowest BCUT2D eigenvalue weighted by molar-refractivity contribution is -0.432. The fraction of sp³-hybridized carbons (Fsp3) is 0. The Morgan fingerprint density at radius 2 is 1.19 bits per heavy atom. The van der Waals surface area contributed by atoms with E-state index >= 15 is 0 Å². The van der Waals surface area contributed by atoms with E-state index in [1.165, 1.54) is 0 Å².